The first-order valence-corrected chi connectivity index (χ1v) is 22.9. The molecule has 9 rings (SSSR count). The summed E-state index contributed by atoms with van der Waals surface area (Å²) < 4.78 is 66.3. The van der Waals surface area contributed by atoms with Crippen molar-refractivity contribution in [3.8, 4) is 23.3 Å². The molecule has 0 spiro atoms. The lowest BCUT2D eigenvalue weighted by Gasteiger charge is -2.37. The lowest BCUT2D eigenvalue weighted by atomic mass is 9.89. The van der Waals surface area contributed by atoms with Gasteiger partial charge in [-0.3, -0.25) is 38.7 Å². The van der Waals surface area contributed by atoms with E-state index in [1.54, 1.807) is 12.1 Å². The number of benzene rings is 3. The van der Waals surface area contributed by atoms with Gasteiger partial charge in [-0.15, -0.1) is 0 Å². The summed E-state index contributed by atoms with van der Waals surface area (Å²) in [6.07, 6.45) is 6.96. The van der Waals surface area contributed by atoms with Crippen LogP contribution in [0.1, 0.15) is 49.1 Å². The molecule has 5 aromatic rings. The predicted molar refractivity (Wildman–Crippen MR) is 236 cm³/mol. The highest BCUT2D eigenvalue weighted by Crippen LogP contribution is 2.35. The van der Waals surface area contributed by atoms with Gasteiger partial charge in [0.25, 0.3) is 5.56 Å². The number of piperazine rings is 1. The monoisotopic (exact) mass is 922 g/mol. The van der Waals surface area contributed by atoms with Crippen molar-refractivity contribution < 1.29 is 36.3 Å². The van der Waals surface area contributed by atoms with Gasteiger partial charge in [0.2, 0.25) is 23.7 Å². The number of piperidine rings is 2. The van der Waals surface area contributed by atoms with Crippen LogP contribution in [0.2, 0.25) is 0 Å². The van der Waals surface area contributed by atoms with Crippen LogP contribution in [0.4, 0.5) is 26.1 Å². The van der Waals surface area contributed by atoms with Crippen LogP contribution in [0.5, 0.6) is 11.5 Å². The van der Waals surface area contributed by atoms with Crippen molar-refractivity contribution in [1.82, 2.24) is 38.9 Å². The molecule has 4 aliphatic rings. The molecule has 1 atom stereocenters. The van der Waals surface area contributed by atoms with Gasteiger partial charge in [-0.2, -0.15) is 18.0 Å². The Labute approximate surface area is 377 Å². The Morgan fingerprint density at radius 3 is 2.33 bits per heavy atom. The quantitative estimate of drug-likeness (QED) is 0.153. The Morgan fingerprint density at radius 2 is 1.65 bits per heavy atom. The van der Waals surface area contributed by atoms with Crippen molar-refractivity contribution in [3.05, 3.63) is 100 Å². The number of ether oxygens (including phenoxy) is 1. The van der Waals surface area contributed by atoms with Crippen molar-refractivity contribution in [1.29, 1.82) is 5.26 Å². The number of carbonyl (C=O) groups excluding carboxylic acids is 3. The SMILES string of the molecule is N#Cc1c(NS(=O)(=O)N2CCC2)ccc(F)c1Oc1ccc2ncn(-c3cnc(N4CCN(C(=O)CN5CCC(c6ccc(NC7CCC(=O)NC7=O)cc6F)CC5)CC4)nc3)c(=O)c2c1. The number of nitriles is 1. The van der Waals surface area contributed by atoms with Crippen LogP contribution < -0.4 is 30.6 Å². The summed E-state index contributed by atoms with van der Waals surface area (Å²) in [6, 6.07) is 12.5. The third-order valence-electron chi connectivity index (χ3n) is 12.3. The van der Waals surface area contributed by atoms with E-state index in [9.17, 15) is 32.9 Å². The summed E-state index contributed by atoms with van der Waals surface area (Å²) in [5, 5.41) is 15.3. The molecule has 0 radical (unpaired) electrons. The number of rotatable bonds is 12. The van der Waals surface area contributed by atoms with Crippen molar-refractivity contribution in [2.24, 2.45) is 0 Å². The normalized spacial score (nSPS) is 18.7. The standard InChI is InChI=1S/C44H44F2N12O7S/c45-34-5-7-37(53-66(63,64)57-12-1-13-57)33(22-47)41(34)65-30-3-6-36-32(21-30)43(62)58(26-50-36)29-23-48-44(49-24-29)56-18-16-55(17-19-56)40(60)25-54-14-10-27(11-15-54)31-4-2-28(20-35(31)46)51-38-8-9-39(59)52-42(38)61/h2-7,20-21,23-24,26-27,38,51,53H,1,8-19,25H2,(H,52,59,61). The van der Waals surface area contributed by atoms with Crippen molar-refractivity contribution in [2.75, 3.05) is 73.8 Å². The molecule has 0 saturated carbocycles. The van der Waals surface area contributed by atoms with Gasteiger partial charge in [-0.25, -0.2) is 23.7 Å². The Kier molecular flexibility index (Phi) is 12.3. The van der Waals surface area contributed by atoms with Crippen molar-refractivity contribution in [2.45, 2.75) is 44.1 Å². The molecule has 22 heteroatoms. The second-order valence-corrected chi connectivity index (χ2v) is 18.2. The molecule has 3 aromatic carbocycles. The molecule has 6 heterocycles. The molecule has 0 aliphatic carbocycles. The molecule has 342 valence electrons. The van der Waals surface area contributed by atoms with Gasteiger partial charge in [-0.05, 0) is 92.7 Å². The van der Waals surface area contributed by atoms with Gasteiger partial charge in [0.1, 0.15) is 35.6 Å². The first-order valence-electron chi connectivity index (χ1n) is 21.5. The number of nitrogens with one attached hydrogen (secondary N) is 3. The number of anilines is 3. The van der Waals surface area contributed by atoms with E-state index in [2.05, 4.69) is 35.2 Å². The van der Waals surface area contributed by atoms with Crippen LogP contribution in [-0.4, -0.2) is 125 Å². The molecule has 1 unspecified atom stereocenters. The minimum Gasteiger partial charge on any atom is -0.453 e. The van der Waals surface area contributed by atoms with Gasteiger partial charge >= 0.3 is 10.2 Å². The molecule has 0 bridgehead atoms. The van der Waals surface area contributed by atoms with Crippen LogP contribution in [-0.2, 0) is 24.6 Å². The van der Waals surface area contributed by atoms with E-state index >= 15 is 8.78 Å². The summed E-state index contributed by atoms with van der Waals surface area (Å²) in [5.41, 5.74) is 0.690. The van der Waals surface area contributed by atoms with E-state index < -0.39 is 39.3 Å². The molecule has 2 aromatic heterocycles. The number of fused-ring (bicyclic) bond motifs is 1. The highest BCUT2D eigenvalue weighted by atomic mass is 32.2. The molecule has 19 nitrogen and oxygen atoms in total. The average molecular weight is 923 g/mol. The van der Waals surface area contributed by atoms with E-state index in [0.717, 1.165) is 12.1 Å². The fourth-order valence-electron chi connectivity index (χ4n) is 8.48. The molecular weight excluding hydrogens is 879 g/mol. The number of aromatic nitrogens is 4. The topological polar surface area (TPSA) is 228 Å². The number of hydrogen-bond donors (Lipinski definition) is 3. The first-order chi connectivity index (χ1) is 31.8. The summed E-state index contributed by atoms with van der Waals surface area (Å²) in [5.74, 6) is -2.09. The zero-order valence-corrected chi connectivity index (χ0v) is 36.3. The number of carbonyl (C=O) groups is 3. The van der Waals surface area contributed by atoms with Gasteiger partial charge in [-0.1, -0.05) is 6.07 Å². The maximum atomic E-state index is 15.2. The lowest BCUT2D eigenvalue weighted by Crippen LogP contribution is -2.52. The Balaban J connectivity index is 0.779. The molecule has 3 N–H and O–H groups in total. The first kappa shape index (κ1) is 44.1. The van der Waals surface area contributed by atoms with Crippen LogP contribution in [0.25, 0.3) is 16.6 Å². The number of imide groups is 1. The third-order valence-corrected chi connectivity index (χ3v) is 13.9. The average Bonchev–Trinajstić information content (AvgIpc) is 3.28. The largest absolute Gasteiger partial charge is 0.453 e. The van der Waals surface area contributed by atoms with Crippen LogP contribution in [0.3, 0.4) is 0 Å². The van der Waals surface area contributed by atoms with Crippen molar-refractivity contribution >= 4 is 56.2 Å². The fourth-order valence-corrected chi connectivity index (χ4v) is 9.80. The van der Waals surface area contributed by atoms with Gasteiger partial charge in [0, 0.05) is 51.4 Å². The maximum absolute atomic E-state index is 15.2. The number of halogens is 2. The Hall–Kier alpha value is -7.09. The number of hydrogen-bond acceptors (Lipinski definition) is 14. The molecule has 4 aliphatic heterocycles. The highest BCUT2D eigenvalue weighted by Gasteiger charge is 2.31. The molecular formula is C44H44F2N12O7S. The highest BCUT2D eigenvalue weighted by molar-refractivity contribution is 7.90. The molecule has 4 saturated heterocycles. The van der Waals surface area contributed by atoms with Gasteiger partial charge in [0.05, 0.1) is 41.2 Å². The van der Waals surface area contributed by atoms with Crippen LogP contribution in [0.15, 0.2) is 72.0 Å². The Morgan fingerprint density at radius 1 is 0.894 bits per heavy atom. The molecule has 3 amide bonds. The van der Waals surface area contributed by atoms with Gasteiger partial charge < -0.3 is 19.9 Å². The minimum absolute atomic E-state index is 0.00416. The third kappa shape index (κ3) is 9.22. The number of amides is 3. The Bertz CT molecular complexity index is 2930. The zero-order valence-electron chi connectivity index (χ0n) is 35.5. The smallest absolute Gasteiger partial charge is 0.301 e. The van der Waals surface area contributed by atoms with E-state index in [0.29, 0.717) is 106 Å². The van der Waals surface area contributed by atoms with Crippen LogP contribution in [0, 0.1) is 23.0 Å². The second kappa shape index (κ2) is 18.4. The van der Waals surface area contributed by atoms with E-state index in [4.69, 9.17) is 4.74 Å². The predicted octanol–water partition coefficient (Wildman–Crippen LogP) is 3.23. The fraction of sp³-hybridized carbons (Fsp3) is 0.364. The molecule has 4 fully saturated rings. The zero-order chi connectivity index (χ0) is 46.1. The molecule has 66 heavy (non-hydrogen) atoms. The lowest BCUT2D eigenvalue weighted by molar-refractivity contribution is -0.134. The summed E-state index contributed by atoms with van der Waals surface area (Å²) in [7, 11) is -3.96. The van der Waals surface area contributed by atoms with E-state index in [1.165, 1.54) is 51.9 Å². The van der Waals surface area contributed by atoms with Crippen LogP contribution >= 0.6 is 0 Å². The summed E-state index contributed by atoms with van der Waals surface area (Å²) in [6.45, 7) is 4.09. The second-order valence-electron chi connectivity index (χ2n) is 16.5. The number of likely N-dealkylation sites (tertiary alicyclic amines) is 1. The summed E-state index contributed by atoms with van der Waals surface area (Å²) >= 11 is 0. The van der Waals surface area contributed by atoms with E-state index in [-0.39, 0.29) is 58.9 Å². The number of nitrogens with zero attached hydrogens (tertiary/aromatic N) is 9. The van der Waals surface area contributed by atoms with Crippen molar-refractivity contribution in [3.63, 3.8) is 0 Å². The summed E-state index contributed by atoms with van der Waals surface area (Å²) in [4.78, 5) is 69.9. The maximum Gasteiger partial charge on any atom is 0.301 e. The minimum atomic E-state index is -3.96. The van der Waals surface area contributed by atoms with E-state index in [1.807, 2.05) is 15.9 Å². The van der Waals surface area contributed by atoms with Gasteiger partial charge in [0.15, 0.2) is 11.6 Å².